The number of piperazine rings is 1. The monoisotopic (exact) mass is 450 g/mol. The Morgan fingerprint density at radius 2 is 2.00 bits per heavy atom. The zero-order valence-corrected chi connectivity index (χ0v) is 18.0. The lowest BCUT2D eigenvalue weighted by molar-refractivity contribution is -0.132. The fraction of sp³-hybridized carbons (Fsp3) is 0.368. The van der Waals surface area contributed by atoms with Crippen LogP contribution in [0.3, 0.4) is 0 Å². The first-order valence-corrected chi connectivity index (χ1v) is 10.1. The summed E-state index contributed by atoms with van der Waals surface area (Å²) in [5.41, 5.74) is 2.06. The number of amides is 1. The average Bonchev–Trinajstić information content (AvgIpc) is 3.38. The van der Waals surface area contributed by atoms with Crippen LogP contribution in [0.15, 0.2) is 29.0 Å². The lowest BCUT2D eigenvalue weighted by Gasteiger charge is -2.36. The van der Waals surface area contributed by atoms with E-state index in [1.54, 1.807) is 18.7 Å². The summed E-state index contributed by atoms with van der Waals surface area (Å²) in [6, 6.07) is 5.68. The summed E-state index contributed by atoms with van der Waals surface area (Å²) in [5.74, 6) is 0.833. The van der Waals surface area contributed by atoms with Gasteiger partial charge in [0.15, 0.2) is 5.69 Å². The van der Waals surface area contributed by atoms with Crippen molar-refractivity contribution in [3.05, 3.63) is 40.3 Å². The van der Waals surface area contributed by atoms with Crippen LogP contribution in [0.5, 0.6) is 5.75 Å². The molecule has 9 nitrogen and oxygen atoms in total. The van der Waals surface area contributed by atoms with Crippen LogP contribution in [-0.4, -0.2) is 64.1 Å². The van der Waals surface area contributed by atoms with Gasteiger partial charge in [-0.05, 0) is 19.1 Å². The summed E-state index contributed by atoms with van der Waals surface area (Å²) in [6.07, 6.45) is 1.21. The molecule has 1 aliphatic rings. The molecule has 0 spiro atoms. The molecule has 158 valence electrons. The van der Waals surface area contributed by atoms with E-state index in [0.717, 1.165) is 5.69 Å². The maximum absolute atomic E-state index is 12.8. The van der Waals surface area contributed by atoms with E-state index in [1.165, 1.54) is 6.39 Å². The number of carbonyl (C=O) groups excluding carboxylic acids is 1. The minimum atomic E-state index is -0.0253. The van der Waals surface area contributed by atoms with Gasteiger partial charge < -0.3 is 19.0 Å². The normalized spacial score (nSPS) is 14.3. The highest BCUT2D eigenvalue weighted by Gasteiger charge is 2.25. The lowest BCUT2D eigenvalue weighted by atomic mass is 10.2. The van der Waals surface area contributed by atoms with Crippen molar-refractivity contribution in [2.24, 2.45) is 0 Å². The molecule has 1 aromatic carbocycles. The van der Waals surface area contributed by atoms with E-state index >= 15 is 0 Å². The highest BCUT2D eigenvalue weighted by molar-refractivity contribution is 6.33. The van der Waals surface area contributed by atoms with E-state index in [2.05, 4.69) is 20.2 Å². The van der Waals surface area contributed by atoms with Crippen molar-refractivity contribution in [1.29, 1.82) is 0 Å². The molecular weight excluding hydrogens is 431 g/mol. The minimum absolute atomic E-state index is 0.0253. The average molecular weight is 451 g/mol. The Labute approximate surface area is 183 Å². The summed E-state index contributed by atoms with van der Waals surface area (Å²) in [6.45, 7) is 4.52. The van der Waals surface area contributed by atoms with Crippen molar-refractivity contribution in [3.8, 4) is 17.3 Å². The second-order valence-corrected chi connectivity index (χ2v) is 7.62. The first-order valence-electron chi connectivity index (χ1n) is 9.33. The highest BCUT2D eigenvalue weighted by atomic mass is 35.5. The maximum atomic E-state index is 12.8. The Bertz CT molecular complexity index is 1040. The molecule has 0 N–H and O–H groups in total. The topological polar surface area (TPSA) is 89.5 Å². The highest BCUT2D eigenvalue weighted by Crippen LogP contribution is 2.30. The first-order chi connectivity index (χ1) is 14.5. The molecule has 1 saturated heterocycles. The lowest BCUT2D eigenvalue weighted by Crippen LogP contribution is -2.49. The van der Waals surface area contributed by atoms with Gasteiger partial charge in [-0.3, -0.25) is 9.48 Å². The smallest absolute Gasteiger partial charge is 0.269 e. The standard InChI is InChI=1S/C19H20Cl2N6O3/c1-12-17(21)18(19-23-22-11-30-19)24-27(12)10-16(28)26-7-5-25(6-8-26)13-3-4-14(20)15(9-13)29-2/h3-4,9,11H,5-8,10H2,1-2H3. The molecule has 1 aliphatic heterocycles. The van der Waals surface area contributed by atoms with Crippen LogP contribution in [-0.2, 0) is 11.3 Å². The molecule has 0 radical (unpaired) electrons. The number of aromatic nitrogens is 4. The van der Waals surface area contributed by atoms with Gasteiger partial charge in [0.25, 0.3) is 5.89 Å². The Morgan fingerprint density at radius 1 is 1.23 bits per heavy atom. The van der Waals surface area contributed by atoms with Gasteiger partial charge in [0.05, 0.1) is 22.8 Å². The fourth-order valence-corrected chi connectivity index (χ4v) is 3.79. The van der Waals surface area contributed by atoms with E-state index in [0.29, 0.717) is 53.4 Å². The summed E-state index contributed by atoms with van der Waals surface area (Å²) in [5, 5.41) is 12.8. The Morgan fingerprint density at radius 3 is 2.67 bits per heavy atom. The minimum Gasteiger partial charge on any atom is -0.495 e. The third kappa shape index (κ3) is 3.95. The Kier molecular flexibility index (Phi) is 5.83. The van der Waals surface area contributed by atoms with Crippen LogP contribution >= 0.6 is 23.2 Å². The van der Waals surface area contributed by atoms with Crippen LogP contribution < -0.4 is 9.64 Å². The zero-order valence-electron chi connectivity index (χ0n) is 16.5. The molecule has 11 heteroatoms. The van der Waals surface area contributed by atoms with Gasteiger partial charge in [0.1, 0.15) is 12.3 Å². The predicted octanol–water partition coefficient (Wildman–Crippen LogP) is 2.91. The van der Waals surface area contributed by atoms with Gasteiger partial charge in [0, 0.05) is 37.9 Å². The molecule has 0 unspecified atom stereocenters. The molecule has 30 heavy (non-hydrogen) atoms. The molecule has 0 bridgehead atoms. The molecule has 1 fully saturated rings. The second kappa shape index (κ2) is 8.53. The maximum Gasteiger partial charge on any atom is 0.269 e. The van der Waals surface area contributed by atoms with Crippen molar-refractivity contribution in [2.75, 3.05) is 38.2 Å². The summed E-state index contributed by atoms with van der Waals surface area (Å²) in [7, 11) is 1.59. The molecule has 4 rings (SSSR count). The molecule has 0 atom stereocenters. The molecule has 3 heterocycles. The number of benzene rings is 1. The van der Waals surface area contributed by atoms with Gasteiger partial charge in [-0.1, -0.05) is 23.2 Å². The number of rotatable bonds is 5. The zero-order chi connectivity index (χ0) is 21.3. The third-order valence-corrected chi connectivity index (χ3v) is 5.88. The van der Waals surface area contributed by atoms with Crippen LogP contribution in [0.1, 0.15) is 5.69 Å². The van der Waals surface area contributed by atoms with Crippen molar-refractivity contribution < 1.29 is 13.9 Å². The number of hydrogen-bond donors (Lipinski definition) is 0. The number of nitrogens with zero attached hydrogens (tertiary/aromatic N) is 6. The molecule has 1 amide bonds. The third-order valence-electron chi connectivity index (χ3n) is 5.11. The van der Waals surface area contributed by atoms with Crippen LogP contribution in [0.4, 0.5) is 5.69 Å². The number of methoxy groups -OCH3 is 1. The van der Waals surface area contributed by atoms with Crippen molar-refractivity contribution in [1.82, 2.24) is 24.9 Å². The van der Waals surface area contributed by atoms with Crippen LogP contribution in [0, 0.1) is 6.92 Å². The molecule has 3 aromatic rings. The van der Waals surface area contributed by atoms with Gasteiger partial charge >= 0.3 is 0 Å². The van der Waals surface area contributed by atoms with Crippen molar-refractivity contribution in [3.63, 3.8) is 0 Å². The van der Waals surface area contributed by atoms with Gasteiger partial charge in [0.2, 0.25) is 12.3 Å². The predicted molar refractivity (Wildman–Crippen MR) is 112 cm³/mol. The number of ether oxygens (including phenoxy) is 1. The van der Waals surface area contributed by atoms with Gasteiger partial charge in [-0.15, -0.1) is 10.2 Å². The van der Waals surface area contributed by atoms with E-state index < -0.39 is 0 Å². The molecular formula is C19H20Cl2N6O3. The summed E-state index contributed by atoms with van der Waals surface area (Å²) < 4.78 is 12.0. The Balaban J connectivity index is 1.40. The summed E-state index contributed by atoms with van der Waals surface area (Å²) >= 11 is 12.4. The van der Waals surface area contributed by atoms with E-state index in [1.807, 2.05) is 23.1 Å². The van der Waals surface area contributed by atoms with Crippen LogP contribution in [0.25, 0.3) is 11.6 Å². The largest absolute Gasteiger partial charge is 0.495 e. The number of hydrogen-bond acceptors (Lipinski definition) is 7. The number of anilines is 1. The first kappa shape index (κ1) is 20.5. The molecule has 0 saturated carbocycles. The SMILES string of the molecule is COc1cc(N2CCN(C(=O)Cn3nc(-c4nnco4)c(Cl)c3C)CC2)ccc1Cl. The quantitative estimate of drug-likeness (QED) is 0.589. The summed E-state index contributed by atoms with van der Waals surface area (Å²) in [4.78, 5) is 16.9. The van der Waals surface area contributed by atoms with E-state index in [9.17, 15) is 4.79 Å². The van der Waals surface area contributed by atoms with Gasteiger partial charge in [-0.25, -0.2) is 0 Å². The van der Waals surface area contributed by atoms with Crippen molar-refractivity contribution >= 4 is 34.8 Å². The second-order valence-electron chi connectivity index (χ2n) is 6.84. The van der Waals surface area contributed by atoms with Crippen molar-refractivity contribution in [2.45, 2.75) is 13.5 Å². The fourth-order valence-electron chi connectivity index (χ4n) is 3.38. The van der Waals surface area contributed by atoms with Gasteiger partial charge in [-0.2, -0.15) is 5.10 Å². The number of carbonyl (C=O) groups is 1. The molecule has 2 aromatic heterocycles. The Hall–Kier alpha value is -2.78. The van der Waals surface area contributed by atoms with Crippen LogP contribution in [0.2, 0.25) is 10.0 Å². The molecule has 0 aliphatic carbocycles. The number of halogens is 2. The van der Waals surface area contributed by atoms with E-state index in [-0.39, 0.29) is 18.3 Å². The van der Waals surface area contributed by atoms with E-state index in [4.69, 9.17) is 32.4 Å².